The van der Waals surface area contributed by atoms with Crippen LogP contribution in [0.25, 0.3) is 0 Å². The maximum Gasteiger partial charge on any atom is 0.273 e. The molecule has 1 aromatic carbocycles. The third-order valence-electron chi connectivity index (χ3n) is 2.96. The number of ether oxygens (including phenoxy) is 1. The van der Waals surface area contributed by atoms with Crippen molar-refractivity contribution in [3.63, 3.8) is 0 Å². The molecule has 0 saturated carbocycles. The SMILES string of the molecule is COc1cc([N+](=O)[O-])ccc1C(=O)NC(CO)C(C)C. The fourth-order valence-electron chi connectivity index (χ4n) is 1.65. The Labute approximate surface area is 116 Å². The van der Waals surface area contributed by atoms with E-state index in [1.165, 1.54) is 25.3 Å². The number of nitro groups is 1. The minimum absolute atomic E-state index is 0.0630. The zero-order valence-corrected chi connectivity index (χ0v) is 11.6. The van der Waals surface area contributed by atoms with Crippen molar-refractivity contribution in [1.82, 2.24) is 5.32 Å². The summed E-state index contributed by atoms with van der Waals surface area (Å²) in [5.41, 5.74) is 0.0400. The second-order valence-corrected chi connectivity index (χ2v) is 4.65. The summed E-state index contributed by atoms with van der Waals surface area (Å²) in [6, 6.07) is 3.38. The number of aliphatic hydroxyl groups is 1. The van der Waals surface area contributed by atoms with Crippen LogP contribution in [0.5, 0.6) is 5.75 Å². The van der Waals surface area contributed by atoms with Crippen molar-refractivity contribution < 1.29 is 19.6 Å². The molecule has 0 spiro atoms. The molecule has 110 valence electrons. The van der Waals surface area contributed by atoms with Crippen LogP contribution < -0.4 is 10.1 Å². The number of benzene rings is 1. The number of nitrogens with one attached hydrogen (secondary N) is 1. The van der Waals surface area contributed by atoms with Crippen molar-refractivity contribution in [2.45, 2.75) is 19.9 Å². The molecule has 0 radical (unpaired) electrons. The highest BCUT2D eigenvalue weighted by atomic mass is 16.6. The van der Waals surface area contributed by atoms with Crippen LogP contribution >= 0.6 is 0 Å². The van der Waals surface area contributed by atoms with Gasteiger partial charge in [0.05, 0.1) is 36.3 Å². The van der Waals surface area contributed by atoms with Gasteiger partial charge < -0.3 is 15.2 Å². The van der Waals surface area contributed by atoms with Gasteiger partial charge in [-0.05, 0) is 12.0 Å². The number of nitrogens with zero attached hydrogens (tertiary/aromatic N) is 1. The van der Waals surface area contributed by atoms with Crippen molar-refractivity contribution in [3.8, 4) is 5.75 Å². The van der Waals surface area contributed by atoms with Gasteiger partial charge >= 0.3 is 0 Å². The molecule has 1 aromatic rings. The first-order valence-electron chi connectivity index (χ1n) is 6.14. The summed E-state index contributed by atoms with van der Waals surface area (Å²) in [5.74, 6) is -0.255. The van der Waals surface area contributed by atoms with Gasteiger partial charge in [0.1, 0.15) is 5.75 Å². The van der Waals surface area contributed by atoms with Gasteiger partial charge in [0, 0.05) is 6.07 Å². The van der Waals surface area contributed by atoms with E-state index in [1.807, 2.05) is 13.8 Å². The Morgan fingerprint density at radius 2 is 2.15 bits per heavy atom. The van der Waals surface area contributed by atoms with Crippen LogP contribution in [-0.2, 0) is 0 Å². The van der Waals surface area contributed by atoms with E-state index in [-0.39, 0.29) is 35.6 Å². The Bertz CT molecular complexity index is 502. The van der Waals surface area contributed by atoms with E-state index in [0.29, 0.717) is 0 Å². The average Bonchev–Trinajstić information content (AvgIpc) is 2.43. The van der Waals surface area contributed by atoms with E-state index >= 15 is 0 Å². The lowest BCUT2D eigenvalue weighted by molar-refractivity contribution is -0.384. The summed E-state index contributed by atoms with van der Waals surface area (Å²) >= 11 is 0. The van der Waals surface area contributed by atoms with E-state index in [2.05, 4.69) is 5.32 Å². The molecule has 0 aliphatic heterocycles. The molecule has 0 heterocycles. The lowest BCUT2D eigenvalue weighted by Gasteiger charge is -2.20. The predicted octanol–water partition coefficient (Wildman–Crippen LogP) is 1.35. The minimum atomic E-state index is -0.561. The molecule has 0 fully saturated rings. The molecule has 20 heavy (non-hydrogen) atoms. The molecule has 0 aliphatic carbocycles. The van der Waals surface area contributed by atoms with Crippen LogP contribution in [0, 0.1) is 16.0 Å². The van der Waals surface area contributed by atoms with Gasteiger partial charge in [-0.3, -0.25) is 14.9 Å². The highest BCUT2D eigenvalue weighted by Gasteiger charge is 2.20. The minimum Gasteiger partial charge on any atom is -0.496 e. The summed E-state index contributed by atoms with van der Waals surface area (Å²) in [6.45, 7) is 3.56. The molecule has 0 aromatic heterocycles. The number of hydrogen-bond acceptors (Lipinski definition) is 5. The zero-order chi connectivity index (χ0) is 15.3. The molecule has 0 bridgehead atoms. The fraction of sp³-hybridized carbons (Fsp3) is 0.462. The Balaban J connectivity index is 3.01. The summed E-state index contributed by atoms with van der Waals surface area (Å²) in [7, 11) is 1.34. The van der Waals surface area contributed by atoms with Gasteiger partial charge in [-0.15, -0.1) is 0 Å². The first-order chi connectivity index (χ1) is 9.40. The van der Waals surface area contributed by atoms with Gasteiger partial charge in [-0.25, -0.2) is 0 Å². The van der Waals surface area contributed by atoms with Crippen LogP contribution in [0.3, 0.4) is 0 Å². The highest BCUT2D eigenvalue weighted by Crippen LogP contribution is 2.24. The molecule has 7 heteroatoms. The molecule has 1 unspecified atom stereocenters. The monoisotopic (exact) mass is 282 g/mol. The second kappa shape index (κ2) is 6.85. The maximum atomic E-state index is 12.1. The average molecular weight is 282 g/mol. The topological polar surface area (TPSA) is 102 Å². The van der Waals surface area contributed by atoms with E-state index in [4.69, 9.17) is 4.74 Å². The molecule has 2 N–H and O–H groups in total. The summed E-state index contributed by atoms with van der Waals surface area (Å²) in [4.78, 5) is 22.2. The molecule has 0 aliphatic rings. The summed E-state index contributed by atoms with van der Waals surface area (Å²) in [6.07, 6.45) is 0. The van der Waals surface area contributed by atoms with Gasteiger partial charge in [-0.2, -0.15) is 0 Å². The number of carbonyl (C=O) groups is 1. The first kappa shape index (κ1) is 15.9. The van der Waals surface area contributed by atoms with Crippen molar-refractivity contribution in [2.75, 3.05) is 13.7 Å². The lowest BCUT2D eigenvalue weighted by atomic mass is 10.0. The van der Waals surface area contributed by atoms with Crippen molar-refractivity contribution in [3.05, 3.63) is 33.9 Å². The number of hydrogen-bond donors (Lipinski definition) is 2. The van der Waals surface area contributed by atoms with Gasteiger partial charge in [0.25, 0.3) is 11.6 Å². The molecule has 1 amide bonds. The predicted molar refractivity (Wildman–Crippen MR) is 72.8 cm³/mol. The summed E-state index contributed by atoms with van der Waals surface area (Å²) in [5, 5.41) is 22.5. The highest BCUT2D eigenvalue weighted by molar-refractivity contribution is 5.97. The van der Waals surface area contributed by atoms with Gasteiger partial charge in [0.15, 0.2) is 0 Å². The fourth-order valence-corrected chi connectivity index (χ4v) is 1.65. The number of amides is 1. The zero-order valence-electron chi connectivity index (χ0n) is 11.6. The normalized spacial score (nSPS) is 12.1. The number of aliphatic hydroxyl groups excluding tert-OH is 1. The Kier molecular flexibility index (Phi) is 5.45. The van der Waals surface area contributed by atoms with Crippen LogP contribution in [0.1, 0.15) is 24.2 Å². The Morgan fingerprint density at radius 3 is 2.60 bits per heavy atom. The van der Waals surface area contributed by atoms with Crippen molar-refractivity contribution in [1.29, 1.82) is 0 Å². The smallest absolute Gasteiger partial charge is 0.273 e. The van der Waals surface area contributed by atoms with E-state index in [1.54, 1.807) is 0 Å². The van der Waals surface area contributed by atoms with Crippen molar-refractivity contribution in [2.24, 2.45) is 5.92 Å². The Morgan fingerprint density at radius 1 is 1.50 bits per heavy atom. The molecular weight excluding hydrogens is 264 g/mol. The van der Waals surface area contributed by atoms with Crippen LogP contribution in [0.4, 0.5) is 5.69 Å². The standard InChI is InChI=1S/C13H18N2O5/c1-8(2)11(7-16)14-13(17)10-5-4-9(15(18)19)6-12(10)20-3/h4-6,8,11,16H,7H2,1-3H3,(H,14,17). The molecule has 1 atom stereocenters. The van der Waals surface area contributed by atoms with E-state index in [0.717, 1.165) is 0 Å². The van der Waals surface area contributed by atoms with Gasteiger partial charge in [0.2, 0.25) is 0 Å². The Hall–Kier alpha value is -2.15. The largest absolute Gasteiger partial charge is 0.496 e. The third kappa shape index (κ3) is 3.67. The lowest BCUT2D eigenvalue weighted by Crippen LogP contribution is -2.41. The maximum absolute atomic E-state index is 12.1. The van der Waals surface area contributed by atoms with Crippen LogP contribution in [-0.4, -0.2) is 35.7 Å². The quantitative estimate of drug-likeness (QED) is 0.605. The van der Waals surface area contributed by atoms with Crippen LogP contribution in [0.2, 0.25) is 0 Å². The van der Waals surface area contributed by atoms with E-state index in [9.17, 15) is 20.0 Å². The number of methoxy groups -OCH3 is 1. The number of carbonyl (C=O) groups excluding carboxylic acids is 1. The molecule has 1 rings (SSSR count). The van der Waals surface area contributed by atoms with Crippen LogP contribution in [0.15, 0.2) is 18.2 Å². The van der Waals surface area contributed by atoms with E-state index < -0.39 is 10.8 Å². The molecular formula is C13H18N2O5. The van der Waals surface area contributed by atoms with Crippen molar-refractivity contribution >= 4 is 11.6 Å². The molecule has 0 saturated heterocycles. The third-order valence-corrected chi connectivity index (χ3v) is 2.96. The number of non-ortho nitro benzene ring substituents is 1. The first-order valence-corrected chi connectivity index (χ1v) is 6.14. The molecule has 7 nitrogen and oxygen atoms in total. The van der Waals surface area contributed by atoms with Gasteiger partial charge in [-0.1, -0.05) is 13.8 Å². The second-order valence-electron chi connectivity index (χ2n) is 4.65. The summed E-state index contributed by atoms with van der Waals surface area (Å²) < 4.78 is 5.01. The number of nitro benzene ring substituents is 1. The number of rotatable bonds is 6.